The second kappa shape index (κ2) is 5.68. The van der Waals surface area contributed by atoms with Crippen LogP contribution in [0.15, 0.2) is 27.6 Å². The van der Waals surface area contributed by atoms with Crippen LogP contribution in [0, 0.1) is 0 Å². The van der Waals surface area contributed by atoms with Crippen LogP contribution in [-0.4, -0.2) is 31.7 Å². The van der Waals surface area contributed by atoms with E-state index in [0.717, 1.165) is 4.31 Å². The molecule has 8 heteroatoms. The molecule has 0 aliphatic rings. The van der Waals surface area contributed by atoms with Gasteiger partial charge in [0.1, 0.15) is 0 Å². The summed E-state index contributed by atoms with van der Waals surface area (Å²) in [5.41, 5.74) is 10.9. The number of rotatable bonds is 5. The molecule has 1 rings (SSSR count). The third-order valence-corrected chi connectivity index (χ3v) is 5.17. The molecule has 0 aromatic heterocycles. The average molecular weight is 336 g/mol. The van der Waals surface area contributed by atoms with Gasteiger partial charge in [0.2, 0.25) is 15.9 Å². The standard InChI is InChI=1S/C10H14BrN3O3S/c1-2-14(6-10(13)15)18(16,17)9-5-7(12)3-4-8(9)11/h3-5H,2,6,12H2,1H3,(H2,13,15). The first-order chi connectivity index (χ1) is 8.28. The Morgan fingerprint density at radius 2 is 2.06 bits per heavy atom. The van der Waals surface area contributed by atoms with Gasteiger partial charge in [-0.15, -0.1) is 0 Å². The van der Waals surface area contributed by atoms with E-state index in [9.17, 15) is 13.2 Å². The van der Waals surface area contributed by atoms with E-state index in [1.807, 2.05) is 0 Å². The van der Waals surface area contributed by atoms with Gasteiger partial charge in [-0.1, -0.05) is 6.92 Å². The van der Waals surface area contributed by atoms with Crippen LogP contribution in [0.25, 0.3) is 0 Å². The van der Waals surface area contributed by atoms with Crippen LogP contribution >= 0.6 is 15.9 Å². The smallest absolute Gasteiger partial charge is 0.244 e. The quantitative estimate of drug-likeness (QED) is 0.765. The highest BCUT2D eigenvalue weighted by atomic mass is 79.9. The molecule has 1 aromatic rings. The third-order valence-electron chi connectivity index (χ3n) is 2.26. The van der Waals surface area contributed by atoms with Crippen molar-refractivity contribution < 1.29 is 13.2 Å². The number of benzene rings is 1. The number of carbonyl (C=O) groups excluding carboxylic acids is 1. The van der Waals surface area contributed by atoms with Gasteiger partial charge in [0, 0.05) is 16.7 Å². The van der Waals surface area contributed by atoms with Crippen LogP contribution in [0.5, 0.6) is 0 Å². The predicted molar refractivity (Wildman–Crippen MR) is 72.2 cm³/mol. The maximum Gasteiger partial charge on any atom is 0.244 e. The van der Waals surface area contributed by atoms with Gasteiger partial charge < -0.3 is 11.5 Å². The minimum Gasteiger partial charge on any atom is -0.399 e. The first kappa shape index (κ1) is 14.9. The summed E-state index contributed by atoms with van der Waals surface area (Å²) in [5.74, 6) is -0.708. The summed E-state index contributed by atoms with van der Waals surface area (Å²) in [4.78, 5) is 10.9. The van der Waals surface area contributed by atoms with Crippen LogP contribution in [-0.2, 0) is 14.8 Å². The number of nitrogens with two attached hydrogens (primary N) is 2. The molecule has 0 unspecified atom stereocenters. The van der Waals surface area contributed by atoms with Crippen molar-refractivity contribution in [1.82, 2.24) is 4.31 Å². The molecule has 1 aromatic carbocycles. The summed E-state index contributed by atoms with van der Waals surface area (Å²) < 4.78 is 26.0. The number of carbonyl (C=O) groups is 1. The van der Waals surface area contributed by atoms with Crippen molar-refractivity contribution in [2.75, 3.05) is 18.8 Å². The molecule has 0 saturated carbocycles. The van der Waals surface area contributed by atoms with E-state index in [4.69, 9.17) is 11.5 Å². The number of hydrogen-bond donors (Lipinski definition) is 2. The van der Waals surface area contributed by atoms with Crippen molar-refractivity contribution in [3.63, 3.8) is 0 Å². The van der Waals surface area contributed by atoms with Crippen molar-refractivity contribution in [1.29, 1.82) is 0 Å². The Kier molecular flexibility index (Phi) is 4.71. The molecule has 6 nitrogen and oxygen atoms in total. The molecule has 18 heavy (non-hydrogen) atoms. The molecular formula is C10H14BrN3O3S. The van der Waals surface area contributed by atoms with Crippen molar-refractivity contribution in [2.45, 2.75) is 11.8 Å². The first-order valence-corrected chi connectivity index (χ1v) is 7.35. The number of nitrogen functional groups attached to an aromatic ring is 1. The van der Waals surface area contributed by atoms with E-state index in [0.29, 0.717) is 10.2 Å². The highest BCUT2D eigenvalue weighted by molar-refractivity contribution is 9.10. The topological polar surface area (TPSA) is 106 Å². The van der Waals surface area contributed by atoms with Crippen LogP contribution in [0.1, 0.15) is 6.92 Å². The zero-order valence-corrected chi connectivity index (χ0v) is 12.2. The van der Waals surface area contributed by atoms with Crippen molar-refractivity contribution >= 4 is 37.5 Å². The molecule has 0 saturated heterocycles. The van der Waals surface area contributed by atoms with Gasteiger partial charge in [-0.05, 0) is 34.1 Å². The van der Waals surface area contributed by atoms with Gasteiger partial charge in [-0.25, -0.2) is 8.42 Å². The number of halogens is 1. The highest BCUT2D eigenvalue weighted by Gasteiger charge is 2.26. The number of nitrogens with zero attached hydrogens (tertiary/aromatic N) is 1. The summed E-state index contributed by atoms with van der Waals surface area (Å²) in [6.07, 6.45) is 0. The lowest BCUT2D eigenvalue weighted by molar-refractivity contribution is -0.118. The second-order valence-electron chi connectivity index (χ2n) is 3.59. The summed E-state index contributed by atoms with van der Waals surface area (Å²) in [6.45, 7) is 1.41. The molecule has 100 valence electrons. The Hall–Kier alpha value is -1.12. The minimum absolute atomic E-state index is 0.0191. The van der Waals surface area contributed by atoms with E-state index in [1.165, 1.54) is 6.07 Å². The number of anilines is 1. The van der Waals surface area contributed by atoms with Gasteiger partial charge in [0.15, 0.2) is 0 Å². The number of hydrogen-bond acceptors (Lipinski definition) is 4. The lowest BCUT2D eigenvalue weighted by Crippen LogP contribution is -2.38. The van der Waals surface area contributed by atoms with Crippen molar-refractivity contribution in [2.24, 2.45) is 5.73 Å². The lowest BCUT2D eigenvalue weighted by Gasteiger charge is -2.19. The summed E-state index contributed by atoms with van der Waals surface area (Å²) >= 11 is 3.15. The molecule has 0 radical (unpaired) electrons. The zero-order valence-electron chi connectivity index (χ0n) is 9.76. The lowest BCUT2D eigenvalue weighted by atomic mass is 10.3. The SMILES string of the molecule is CCN(CC(N)=O)S(=O)(=O)c1cc(N)ccc1Br. The molecule has 0 heterocycles. The van der Waals surface area contributed by atoms with Crippen LogP contribution in [0.3, 0.4) is 0 Å². The van der Waals surface area contributed by atoms with Crippen LogP contribution in [0.4, 0.5) is 5.69 Å². The van der Waals surface area contributed by atoms with E-state index < -0.39 is 15.9 Å². The number of primary amides is 1. The third kappa shape index (κ3) is 3.21. The zero-order chi connectivity index (χ0) is 13.9. The second-order valence-corrected chi connectivity index (χ2v) is 6.35. The van der Waals surface area contributed by atoms with Crippen LogP contribution < -0.4 is 11.5 Å². The summed E-state index contributed by atoms with van der Waals surface area (Å²) in [5, 5.41) is 0. The van der Waals surface area contributed by atoms with Gasteiger partial charge >= 0.3 is 0 Å². The maximum absolute atomic E-state index is 12.3. The number of likely N-dealkylation sites (N-methyl/N-ethyl adjacent to an activating group) is 1. The molecule has 0 atom stereocenters. The summed E-state index contributed by atoms with van der Waals surface area (Å²) in [6, 6.07) is 4.46. The fourth-order valence-corrected chi connectivity index (χ4v) is 3.77. The van der Waals surface area contributed by atoms with E-state index in [1.54, 1.807) is 19.1 Å². The van der Waals surface area contributed by atoms with Gasteiger partial charge in [0.05, 0.1) is 11.4 Å². The fraction of sp³-hybridized carbons (Fsp3) is 0.300. The molecule has 0 fully saturated rings. The Labute approximate surface area is 114 Å². The Bertz CT molecular complexity index is 559. The van der Waals surface area contributed by atoms with Gasteiger partial charge in [0.25, 0.3) is 0 Å². The highest BCUT2D eigenvalue weighted by Crippen LogP contribution is 2.26. The Balaban J connectivity index is 3.26. The average Bonchev–Trinajstić information content (AvgIpc) is 2.28. The molecule has 0 aliphatic carbocycles. The minimum atomic E-state index is -3.79. The summed E-state index contributed by atoms with van der Waals surface area (Å²) in [7, 11) is -3.79. The van der Waals surface area contributed by atoms with E-state index >= 15 is 0 Å². The van der Waals surface area contributed by atoms with Crippen molar-refractivity contribution in [3.8, 4) is 0 Å². The molecule has 0 aliphatic heterocycles. The monoisotopic (exact) mass is 335 g/mol. The molecular weight excluding hydrogens is 322 g/mol. The maximum atomic E-state index is 12.3. The normalized spacial score (nSPS) is 11.7. The molecule has 0 bridgehead atoms. The first-order valence-electron chi connectivity index (χ1n) is 5.12. The Morgan fingerprint density at radius 3 is 2.56 bits per heavy atom. The molecule has 1 amide bonds. The van der Waals surface area contributed by atoms with Crippen LogP contribution in [0.2, 0.25) is 0 Å². The van der Waals surface area contributed by atoms with Crippen molar-refractivity contribution in [3.05, 3.63) is 22.7 Å². The predicted octanol–water partition coefficient (Wildman–Crippen LogP) is 0.527. The largest absolute Gasteiger partial charge is 0.399 e. The fourth-order valence-electron chi connectivity index (χ4n) is 1.40. The van der Waals surface area contributed by atoms with E-state index in [2.05, 4.69) is 15.9 Å². The van der Waals surface area contributed by atoms with Gasteiger partial charge in [-0.2, -0.15) is 4.31 Å². The Morgan fingerprint density at radius 1 is 1.44 bits per heavy atom. The molecule has 4 N–H and O–H groups in total. The number of sulfonamides is 1. The number of amides is 1. The molecule has 0 spiro atoms. The van der Waals surface area contributed by atoms with E-state index in [-0.39, 0.29) is 18.0 Å². The van der Waals surface area contributed by atoms with Gasteiger partial charge in [-0.3, -0.25) is 4.79 Å².